The Bertz CT molecular complexity index is 3750. The first-order valence-electron chi connectivity index (χ1n) is 21.2. The monoisotopic (exact) mass is 771 g/mol. The Balaban J connectivity index is 1.07. The minimum absolute atomic E-state index is 1.13. The Morgan fingerprint density at radius 1 is 0.246 bits per heavy atom. The van der Waals surface area contributed by atoms with Gasteiger partial charge in [-0.1, -0.05) is 206 Å². The number of hydrogen-bond acceptors (Lipinski definition) is 1. The average molecular weight is 772 g/mol. The summed E-state index contributed by atoms with van der Waals surface area (Å²) in [4.78, 5) is 2.56. The van der Waals surface area contributed by atoms with Crippen LogP contribution in [0.25, 0.3) is 108 Å². The summed E-state index contributed by atoms with van der Waals surface area (Å²) in [5.74, 6) is 0. The lowest BCUT2D eigenvalue weighted by atomic mass is 9.87. The zero-order valence-corrected chi connectivity index (χ0v) is 33.3. The van der Waals surface area contributed by atoms with E-state index in [2.05, 4.69) is 229 Å². The molecule has 0 aliphatic heterocycles. The van der Waals surface area contributed by atoms with Gasteiger partial charge in [0.25, 0.3) is 0 Å². The van der Waals surface area contributed by atoms with Crippen LogP contribution in [0.3, 0.4) is 0 Å². The van der Waals surface area contributed by atoms with Crippen molar-refractivity contribution in [3.63, 3.8) is 0 Å². The van der Waals surface area contributed by atoms with Crippen LogP contribution in [0.4, 0.5) is 17.1 Å². The second kappa shape index (κ2) is 13.3. The maximum atomic E-state index is 2.56. The summed E-state index contributed by atoms with van der Waals surface area (Å²) < 4.78 is 0. The van der Waals surface area contributed by atoms with Crippen LogP contribution < -0.4 is 4.90 Å². The van der Waals surface area contributed by atoms with E-state index in [0.717, 1.165) is 5.69 Å². The molecule has 0 radical (unpaired) electrons. The maximum absolute atomic E-state index is 2.56. The van der Waals surface area contributed by atoms with Crippen molar-refractivity contribution in [1.29, 1.82) is 0 Å². The van der Waals surface area contributed by atoms with Crippen LogP contribution >= 0.6 is 0 Å². The van der Waals surface area contributed by atoms with E-state index in [1.807, 2.05) is 0 Å². The molecule has 0 amide bonds. The normalized spacial score (nSPS) is 11.9. The van der Waals surface area contributed by atoms with Gasteiger partial charge in [-0.2, -0.15) is 0 Å². The number of rotatable bonds is 5. The summed E-state index contributed by atoms with van der Waals surface area (Å²) in [6.45, 7) is 0. The van der Waals surface area contributed by atoms with Crippen molar-refractivity contribution >= 4 is 103 Å². The van der Waals surface area contributed by atoms with E-state index in [4.69, 9.17) is 0 Å². The molecule has 0 atom stereocenters. The van der Waals surface area contributed by atoms with Crippen LogP contribution in [0.5, 0.6) is 0 Å². The van der Waals surface area contributed by atoms with Crippen LogP contribution in [-0.4, -0.2) is 0 Å². The summed E-state index contributed by atoms with van der Waals surface area (Å²) in [6, 6.07) is 83.3. The summed E-state index contributed by atoms with van der Waals surface area (Å²) in [5.41, 5.74) is 8.42. The zero-order chi connectivity index (χ0) is 40.0. The second-order valence-corrected chi connectivity index (χ2v) is 16.4. The third kappa shape index (κ3) is 5.14. The molecule has 61 heavy (non-hydrogen) atoms. The summed E-state index contributed by atoms with van der Waals surface area (Å²) in [6.07, 6.45) is 0. The highest BCUT2D eigenvalue weighted by Crippen LogP contribution is 2.51. The Labute approximate surface area is 353 Å². The van der Waals surface area contributed by atoms with Crippen molar-refractivity contribution in [3.8, 4) is 22.3 Å². The molecule has 0 heterocycles. The smallest absolute Gasteiger partial charge is 0.0619 e. The van der Waals surface area contributed by atoms with Crippen LogP contribution in [0.15, 0.2) is 224 Å². The molecular formula is C60H37N. The molecule has 282 valence electrons. The molecule has 0 saturated carbocycles. The standard InChI is InChI=1S/C60H37N/c1-2-13-44-37-47(33-30-38(44)12-1)61(59-49-18-5-3-14-45(49)36-46-15-4-6-19-50(46)59)60-54-22-9-7-20-51(54)57(52-21-8-10-23-55(52)60)42-26-24-39(25-27-42)48-34-31-43-29-28-40-16-11-17-41-32-35-53(48)58(43)56(40)41/h1-37H. The largest absolute Gasteiger partial charge is 0.308 e. The predicted octanol–water partition coefficient (Wildman–Crippen LogP) is 17.2. The molecule has 0 saturated heterocycles. The lowest BCUT2D eigenvalue weighted by molar-refractivity contribution is 1.35. The van der Waals surface area contributed by atoms with Gasteiger partial charge in [-0.25, -0.2) is 0 Å². The topological polar surface area (TPSA) is 3.24 Å². The molecule has 0 fully saturated rings. The molecule has 0 aliphatic rings. The SMILES string of the molecule is c1ccc2cc(N(c3c4ccccc4cc4ccccc34)c3c4ccccc4c(-c4ccc(-c5ccc6ccc7cccc8ccc5c6c78)cc4)c4ccccc34)ccc2c1. The van der Waals surface area contributed by atoms with E-state index in [1.54, 1.807) is 0 Å². The van der Waals surface area contributed by atoms with Crippen molar-refractivity contribution < 1.29 is 0 Å². The van der Waals surface area contributed by atoms with Gasteiger partial charge in [0, 0.05) is 27.2 Å². The molecule has 0 aromatic heterocycles. The van der Waals surface area contributed by atoms with Crippen LogP contribution in [-0.2, 0) is 0 Å². The highest BCUT2D eigenvalue weighted by Gasteiger charge is 2.25. The number of nitrogens with zero attached hydrogens (tertiary/aromatic N) is 1. The van der Waals surface area contributed by atoms with E-state index in [0.29, 0.717) is 0 Å². The van der Waals surface area contributed by atoms with Gasteiger partial charge < -0.3 is 4.90 Å². The number of hydrogen-bond donors (Lipinski definition) is 0. The molecule has 13 aromatic carbocycles. The van der Waals surface area contributed by atoms with E-state index in [-0.39, 0.29) is 0 Å². The van der Waals surface area contributed by atoms with Gasteiger partial charge in [-0.15, -0.1) is 0 Å². The fourth-order valence-electron chi connectivity index (χ4n) is 10.4. The molecule has 0 spiro atoms. The van der Waals surface area contributed by atoms with Crippen LogP contribution in [0, 0.1) is 0 Å². The van der Waals surface area contributed by atoms with Gasteiger partial charge in [0.15, 0.2) is 0 Å². The number of benzene rings is 13. The average Bonchev–Trinajstić information content (AvgIpc) is 3.33. The highest BCUT2D eigenvalue weighted by molar-refractivity contribution is 6.27. The Hall–Kier alpha value is -8.00. The fourth-order valence-corrected chi connectivity index (χ4v) is 10.4. The molecular weight excluding hydrogens is 735 g/mol. The van der Waals surface area contributed by atoms with Gasteiger partial charge >= 0.3 is 0 Å². The van der Waals surface area contributed by atoms with Crippen molar-refractivity contribution in [3.05, 3.63) is 224 Å². The summed E-state index contributed by atoms with van der Waals surface area (Å²) >= 11 is 0. The molecule has 13 aromatic rings. The number of fused-ring (bicyclic) bond motifs is 5. The van der Waals surface area contributed by atoms with Crippen LogP contribution in [0.2, 0.25) is 0 Å². The first kappa shape index (κ1) is 33.9. The highest BCUT2D eigenvalue weighted by atomic mass is 15.1. The lowest BCUT2D eigenvalue weighted by Crippen LogP contribution is -2.13. The van der Waals surface area contributed by atoms with Crippen LogP contribution in [0.1, 0.15) is 0 Å². The summed E-state index contributed by atoms with van der Waals surface area (Å²) in [5, 5.41) is 20.0. The van der Waals surface area contributed by atoms with Gasteiger partial charge in [-0.05, 0) is 105 Å². The van der Waals surface area contributed by atoms with E-state index < -0.39 is 0 Å². The molecule has 13 rings (SSSR count). The Morgan fingerprint density at radius 2 is 0.705 bits per heavy atom. The third-order valence-electron chi connectivity index (χ3n) is 13.1. The van der Waals surface area contributed by atoms with E-state index >= 15 is 0 Å². The van der Waals surface area contributed by atoms with E-state index in [9.17, 15) is 0 Å². The van der Waals surface area contributed by atoms with Gasteiger partial charge in [-0.3, -0.25) is 0 Å². The van der Waals surface area contributed by atoms with Crippen molar-refractivity contribution in [2.24, 2.45) is 0 Å². The Morgan fingerprint density at radius 3 is 1.36 bits per heavy atom. The second-order valence-electron chi connectivity index (χ2n) is 16.4. The molecule has 1 heteroatoms. The van der Waals surface area contributed by atoms with Crippen molar-refractivity contribution in [2.45, 2.75) is 0 Å². The molecule has 1 nitrogen and oxygen atoms in total. The molecule has 0 aliphatic carbocycles. The van der Waals surface area contributed by atoms with Crippen molar-refractivity contribution in [2.75, 3.05) is 4.90 Å². The fraction of sp³-hybridized carbons (Fsp3) is 0. The molecule has 0 unspecified atom stereocenters. The van der Waals surface area contributed by atoms with Gasteiger partial charge in [0.1, 0.15) is 0 Å². The summed E-state index contributed by atoms with van der Waals surface area (Å²) in [7, 11) is 0. The number of anilines is 3. The maximum Gasteiger partial charge on any atom is 0.0619 e. The quantitative estimate of drug-likeness (QED) is 0.124. The van der Waals surface area contributed by atoms with Gasteiger partial charge in [0.05, 0.1) is 11.4 Å². The van der Waals surface area contributed by atoms with E-state index in [1.165, 1.54) is 120 Å². The molecule has 0 N–H and O–H groups in total. The van der Waals surface area contributed by atoms with Gasteiger partial charge in [0.2, 0.25) is 0 Å². The minimum Gasteiger partial charge on any atom is -0.308 e. The lowest BCUT2D eigenvalue weighted by Gasteiger charge is -2.32. The van der Waals surface area contributed by atoms with Crippen molar-refractivity contribution in [1.82, 2.24) is 0 Å². The Kier molecular flexibility index (Phi) is 7.37. The predicted molar refractivity (Wildman–Crippen MR) is 263 cm³/mol. The third-order valence-corrected chi connectivity index (χ3v) is 13.1. The molecule has 0 bridgehead atoms. The minimum atomic E-state index is 1.13. The first-order chi connectivity index (χ1) is 30.3. The first-order valence-corrected chi connectivity index (χ1v) is 21.2. The zero-order valence-electron chi connectivity index (χ0n) is 33.3.